The molecule has 15 heavy (non-hydrogen) atoms. The Bertz CT molecular complexity index is 465. The molecule has 0 bridgehead atoms. The lowest BCUT2D eigenvalue weighted by molar-refractivity contribution is 0.1000. The van der Waals surface area contributed by atoms with Crippen LogP contribution >= 0.6 is 0 Å². The number of nitrogens with zero attached hydrogens (tertiary/aromatic N) is 4. The number of hydrogen-bond donors (Lipinski definition) is 1. The number of benzene rings is 1. The minimum atomic E-state index is -0.437. The molecule has 2 N–H and O–H groups in total. The molecule has 0 saturated heterocycles. The summed E-state index contributed by atoms with van der Waals surface area (Å²) in [6, 6.07) is 7.06. The number of nitrogens with two attached hydrogens (primary N) is 1. The van der Waals surface area contributed by atoms with Crippen molar-refractivity contribution < 1.29 is 4.79 Å². The van der Waals surface area contributed by atoms with Crippen molar-refractivity contribution in [2.45, 2.75) is 6.54 Å². The summed E-state index contributed by atoms with van der Waals surface area (Å²) < 4.78 is 1.57. The average Bonchev–Trinajstić information content (AvgIpc) is 2.71. The normalized spacial score (nSPS) is 10.1. The van der Waals surface area contributed by atoms with E-state index in [1.165, 1.54) is 6.33 Å². The van der Waals surface area contributed by atoms with E-state index in [1.807, 2.05) is 6.07 Å². The summed E-state index contributed by atoms with van der Waals surface area (Å²) in [5.41, 5.74) is 6.59. The van der Waals surface area contributed by atoms with Crippen molar-refractivity contribution in [1.82, 2.24) is 20.2 Å². The van der Waals surface area contributed by atoms with Gasteiger partial charge < -0.3 is 5.73 Å². The van der Waals surface area contributed by atoms with Crippen LogP contribution in [0.15, 0.2) is 30.6 Å². The van der Waals surface area contributed by atoms with Gasteiger partial charge in [-0.3, -0.25) is 4.79 Å². The van der Waals surface area contributed by atoms with Crippen molar-refractivity contribution in [2.75, 3.05) is 0 Å². The SMILES string of the molecule is NC(=O)c1cccc(Cn2cnnn2)c1. The zero-order chi connectivity index (χ0) is 10.7. The van der Waals surface area contributed by atoms with Gasteiger partial charge in [-0.2, -0.15) is 0 Å². The van der Waals surface area contributed by atoms with Crippen LogP contribution in [0.2, 0.25) is 0 Å². The molecule has 6 heteroatoms. The van der Waals surface area contributed by atoms with Crippen LogP contribution in [0.3, 0.4) is 0 Å². The molecule has 1 aromatic heterocycles. The van der Waals surface area contributed by atoms with Gasteiger partial charge in [0.05, 0.1) is 6.54 Å². The van der Waals surface area contributed by atoms with E-state index in [0.29, 0.717) is 12.1 Å². The van der Waals surface area contributed by atoms with E-state index in [-0.39, 0.29) is 0 Å². The molecule has 6 nitrogen and oxygen atoms in total. The van der Waals surface area contributed by atoms with E-state index >= 15 is 0 Å². The van der Waals surface area contributed by atoms with E-state index in [2.05, 4.69) is 15.5 Å². The van der Waals surface area contributed by atoms with E-state index in [1.54, 1.807) is 22.9 Å². The highest BCUT2D eigenvalue weighted by Gasteiger charge is 2.02. The maximum absolute atomic E-state index is 10.9. The molecule has 1 aromatic carbocycles. The molecule has 0 spiro atoms. The largest absolute Gasteiger partial charge is 0.366 e. The molecule has 76 valence electrons. The number of tetrazole rings is 1. The van der Waals surface area contributed by atoms with Crippen LogP contribution in [0.1, 0.15) is 15.9 Å². The van der Waals surface area contributed by atoms with Crippen LogP contribution in [-0.2, 0) is 6.54 Å². The molecule has 2 rings (SSSR count). The minimum Gasteiger partial charge on any atom is -0.366 e. The molecule has 0 atom stereocenters. The van der Waals surface area contributed by atoms with Crippen LogP contribution in [0.4, 0.5) is 0 Å². The molecule has 0 saturated carbocycles. The van der Waals surface area contributed by atoms with E-state index in [9.17, 15) is 4.79 Å². The maximum atomic E-state index is 10.9. The van der Waals surface area contributed by atoms with Crippen molar-refractivity contribution >= 4 is 5.91 Å². The molecule has 1 amide bonds. The standard InChI is InChI=1S/C9H9N5O/c10-9(15)8-3-1-2-7(4-8)5-14-6-11-12-13-14/h1-4,6H,5H2,(H2,10,15). The third-order valence-corrected chi connectivity index (χ3v) is 1.95. The molecule has 0 radical (unpaired) electrons. The number of primary amides is 1. The summed E-state index contributed by atoms with van der Waals surface area (Å²) >= 11 is 0. The first-order valence-electron chi connectivity index (χ1n) is 4.35. The summed E-state index contributed by atoms with van der Waals surface area (Å²) in [6.45, 7) is 0.522. The molecule has 0 unspecified atom stereocenters. The first-order chi connectivity index (χ1) is 7.25. The first kappa shape index (κ1) is 9.32. The zero-order valence-electron chi connectivity index (χ0n) is 7.87. The Morgan fingerprint density at radius 1 is 1.47 bits per heavy atom. The number of hydrogen-bond acceptors (Lipinski definition) is 4. The monoisotopic (exact) mass is 203 g/mol. The zero-order valence-corrected chi connectivity index (χ0v) is 7.87. The summed E-state index contributed by atoms with van der Waals surface area (Å²) in [7, 11) is 0. The third-order valence-electron chi connectivity index (χ3n) is 1.95. The highest BCUT2D eigenvalue weighted by molar-refractivity contribution is 5.92. The van der Waals surface area contributed by atoms with Gasteiger partial charge in [-0.25, -0.2) is 4.68 Å². The molecule has 0 aliphatic heterocycles. The van der Waals surface area contributed by atoms with Gasteiger partial charge in [-0.1, -0.05) is 12.1 Å². The minimum absolute atomic E-state index is 0.437. The average molecular weight is 203 g/mol. The highest BCUT2D eigenvalue weighted by Crippen LogP contribution is 2.05. The van der Waals surface area contributed by atoms with E-state index in [4.69, 9.17) is 5.73 Å². The summed E-state index contributed by atoms with van der Waals surface area (Å²) in [5, 5.41) is 10.8. The van der Waals surface area contributed by atoms with Gasteiger partial charge in [-0.05, 0) is 28.1 Å². The summed E-state index contributed by atoms with van der Waals surface area (Å²) in [5.74, 6) is -0.437. The molecule has 1 heterocycles. The Hall–Kier alpha value is -2.24. The van der Waals surface area contributed by atoms with Crippen LogP contribution in [0, 0.1) is 0 Å². The van der Waals surface area contributed by atoms with Crippen molar-refractivity contribution in [3.8, 4) is 0 Å². The second kappa shape index (κ2) is 3.87. The van der Waals surface area contributed by atoms with Gasteiger partial charge in [0, 0.05) is 5.56 Å². The van der Waals surface area contributed by atoms with Crippen molar-refractivity contribution in [2.24, 2.45) is 5.73 Å². The van der Waals surface area contributed by atoms with Gasteiger partial charge in [-0.15, -0.1) is 5.10 Å². The van der Waals surface area contributed by atoms with Crippen molar-refractivity contribution in [3.63, 3.8) is 0 Å². The Kier molecular flexibility index (Phi) is 2.40. The summed E-state index contributed by atoms with van der Waals surface area (Å²) in [6.07, 6.45) is 1.51. The van der Waals surface area contributed by atoms with Crippen LogP contribution in [0.5, 0.6) is 0 Å². The van der Waals surface area contributed by atoms with Crippen LogP contribution in [0.25, 0.3) is 0 Å². The molecular weight excluding hydrogens is 194 g/mol. The fraction of sp³-hybridized carbons (Fsp3) is 0.111. The number of aromatic nitrogens is 4. The first-order valence-corrected chi connectivity index (χ1v) is 4.35. The van der Waals surface area contributed by atoms with Gasteiger partial charge in [0.25, 0.3) is 0 Å². The second-order valence-electron chi connectivity index (χ2n) is 3.07. The van der Waals surface area contributed by atoms with Crippen LogP contribution in [-0.4, -0.2) is 26.1 Å². The molecule has 2 aromatic rings. The lowest BCUT2D eigenvalue weighted by Gasteiger charge is -2.01. The third kappa shape index (κ3) is 2.16. The lowest BCUT2D eigenvalue weighted by Crippen LogP contribution is -2.11. The highest BCUT2D eigenvalue weighted by atomic mass is 16.1. The fourth-order valence-electron chi connectivity index (χ4n) is 1.26. The predicted molar refractivity (Wildman–Crippen MR) is 51.9 cm³/mol. The molecule has 0 fully saturated rings. The number of carbonyl (C=O) groups excluding carboxylic acids is 1. The second-order valence-corrected chi connectivity index (χ2v) is 3.07. The topological polar surface area (TPSA) is 86.7 Å². The Labute approximate surface area is 85.7 Å². The van der Waals surface area contributed by atoms with Gasteiger partial charge in [0.15, 0.2) is 0 Å². The Morgan fingerprint density at radius 2 is 2.33 bits per heavy atom. The van der Waals surface area contributed by atoms with Crippen molar-refractivity contribution in [1.29, 1.82) is 0 Å². The Morgan fingerprint density at radius 3 is 3.00 bits per heavy atom. The van der Waals surface area contributed by atoms with Crippen molar-refractivity contribution in [3.05, 3.63) is 41.7 Å². The summed E-state index contributed by atoms with van der Waals surface area (Å²) in [4.78, 5) is 10.9. The number of amides is 1. The van der Waals surface area contributed by atoms with E-state index in [0.717, 1.165) is 5.56 Å². The molecule has 0 aliphatic carbocycles. The lowest BCUT2D eigenvalue weighted by atomic mass is 10.1. The Balaban J connectivity index is 2.22. The number of rotatable bonds is 3. The van der Waals surface area contributed by atoms with E-state index < -0.39 is 5.91 Å². The van der Waals surface area contributed by atoms with Gasteiger partial charge in [0.1, 0.15) is 6.33 Å². The van der Waals surface area contributed by atoms with Gasteiger partial charge in [0.2, 0.25) is 5.91 Å². The number of carbonyl (C=O) groups is 1. The maximum Gasteiger partial charge on any atom is 0.248 e. The fourth-order valence-corrected chi connectivity index (χ4v) is 1.26. The smallest absolute Gasteiger partial charge is 0.248 e. The molecular formula is C9H9N5O. The predicted octanol–water partition coefficient (Wildman–Crippen LogP) is -0.180. The molecule has 0 aliphatic rings. The van der Waals surface area contributed by atoms with Crippen LogP contribution < -0.4 is 5.73 Å². The van der Waals surface area contributed by atoms with Gasteiger partial charge >= 0.3 is 0 Å². The quantitative estimate of drug-likeness (QED) is 0.749.